The highest BCUT2D eigenvalue weighted by atomic mass is 16.4. The van der Waals surface area contributed by atoms with E-state index in [0.717, 1.165) is 19.6 Å². The van der Waals surface area contributed by atoms with E-state index < -0.39 is 12.1 Å². The van der Waals surface area contributed by atoms with Crippen molar-refractivity contribution in [3.05, 3.63) is 0 Å². The van der Waals surface area contributed by atoms with E-state index >= 15 is 0 Å². The molecule has 1 aliphatic rings. The molecule has 0 aliphatic carbocycles. The molecule has 0 aromatic heterocycles. The van der Waals surface area contributed by atoms with Crippen LogP contribution in [0.15, 0.2) is 0 Å². The fourth-order valence-corrected chi connectivity index (χ4v) is 1.64. The molecule has 1 heterocycles. The van der Waals surface area contributed by atoms with Crippen molar-refractivity contribution in [2.24, 2.45) is 0 Å². The third-order valence-corrected chi connectivity index (χ3v) is 2.39. The van der Waals surface area contributed by atoms with E-state index in [-0.39, 0.29) is 6.42 Å². The summed E-state index contributed by atoms with van der Waals surface area (Å²) < 4.78 is 0. The third kappa shape index (κ3) is 4.24. The van der Waals surface area contributed by atoms with Gasteiger partial charge in [0.25, 0.3) is 0 Å². The summed E-state index contributed by atoms with van der Waals surface area (Å²) in [4.78, 5) is 12.5. The summed E-state index contributed by atoms with van der Waals surface area (Å²) in [5, 5.41) is 17.7. The Morgan fingerprint density at radius 3 is 2.54 bits per heavy atom. The van der Waals surface area contributed by atoms with Crippen LogP contribution in [0, 0.1) is 0 Å². The van der Waals surface area contributed by atoms with Crippen molar-refractivity contribution in [2.75, 3.05) is 19.6 Å². The number of aliphatic hydroxyl groups excluding tert-OH is 1. The minimum absolute atomic E-state index is 0.131. The van der Waals surface area contributed by atoms with Crippen molar-refractivity contribution in [3.8, 4) is 0 Å². The van der Waals surface area contributed by atoms with Gasteiger partial charge in [0.05, 0.1) is 12.5 Å². The summed E-state index contributed by atoms with van der Waals surface area (Å²) in [5.74, 6) is -0.922. The van der Waals surface area contributed by atoms with E-state index in [1.807, 2.05) is 0 Å². The van der Waals surface area contributed by atoms with Gasteiger partial charge in [0.2, 0.25) is 0 Å². The van der Waals surface area contributed by atoms with Crippen LogP contribution in [0.25, 0.3) is 0 Å². The largest absolute Gasteiger partial charge is 0.481 e. The number of aliphatic carboxylic acids is 1. The Morgan fingerprint density at radius 1 is 1.38 bits per heavy atom. The average molecular weight is 187 g/mol. The number of nitrogens with zero attached hydrogens (tertiary/aromatic N) is 1. The van der Waals surface area contributed by atoms with Crippen LogP contribution in [0.5, 0.6) is 0 Å². The van der Waals surface area contributed by atoms with Crippen molar-refractivity contribution < 1.29 is 15.0 Å². The molecular formula is C9H17NO3. The molecule has 0 bridgehead atoms. The van der Waals surface area contributed by atoms with Gasteiger partial charge < -0.3 is 15.1 Å². The van der Waals surface area contributed by atoms with E-state index in [4.69, 9.17) is 5.11 Å². The van der Waals surface area contributed by atoms with Crippen molar-refractivity contribution in [1.29, 1.82) is 0 Å². The van der Waals surface area contributed by atoms with Gasteiger partial charge in [-0.2, -0.15) is 0 Å². The fourth-order valence-electron chi connectivity index (χ4n) is 1.64. The maximum absolute atomic E-state index is 10.2. The number of hydrogen-bond acceptors (Lipinski definition) is 3. The molecule has 0 aromatic rings. The lowest BCUT2D eigenvalue weighted by Crippen LogP contribution is -2.25. The molecule has 0 unspecified atom stereocenters. The van der Waals surface area contributed by atoms with Gasteiger partial charge in [0.15, 0.2) is 0 Å². The predicted octanol–water partition coefficient (Wildman–Crippen LogP) is 0.308. The summed E-state index contributed by atoms with van der Waals surface area (Å²) in [6, 6.07) is 0. The quantitative estimate of drug-likeness (QED) is 0.650. The maximum Gasteiger partial charge on any atom is 0.305 e. The van der Waals surface area contributed by atoms with Crippen molar-refractivity contribution in [1.82, 2.24) is 4.90 Å². The molecule has 0 aromatic carbocycles. The van der Waals surface area contributed by atoms with Crippen LogP contribution >= 0.6 is 0 Å². The van der Waals surface area contributed by atoms with Gasteiger partial charge in [-0.05, 0) is 32.4 Å². The molecule has 1 rings (SSSR count). The molecule has 2 N–H and O–H groups in total. The predicted molar refractivity (Wildman–Crippen MR) is 48.6 cm³/mol. The monoisotopic (exact) mass is 187 g/mol. The molecule has 1 saturated heterocycles. The molecule has 1 aliphatic heterocycles. The number of aliphatic hydroxyl groups is 1. The van der Waals surface area contributed by atoms with Crippen LogP contribution in [-0.2, 0) is 4.79 Å². The Kier molecular flexibility index (Phi) is 4.18. The summed E-state index contributed by atoms with van der Waals surface area (Å²) >= 11 is 0. The normalized spacial score (nSPS) is 20.4. The zero-order valence-electron chi connectivity index (χ0n) is 7.78. The summed E-state index contributed by atoms with van der Waals surface area (Å²) in [6.07, 6.45) is 2.22. The third-order valence-electron chi connectivity index (χ3n) is 2.39. The number of carboxylic acids is 1. The van der Waals surface area contributed by atoms with Crippen LogP contribution in [-0.4, -0.2) is 46.8 Å². The Labute approximate surface area is 78.2 Å². The minimum Gasteiger partial charge on any atom is -0.481 e. The Bertz CT molecular complexity index is 166. The van der Waals surface area contributed by atoms with Gasteiger partial charge in [-0.3, -0.25) is 4.79 Å². The van der Waals surface area contributed by atoms with E-state index in [9.17, 15) is 9.90 Å². The highest BCUT2D eigenvalue weighted by molar-refractivity contribution is 5.67. The van der Waals surface area contributed by atoms with E-state index in [0.29, 0.717) is 6.42 Å². The second-order valence-electron chi connectivity index (χ2n) is 3.59. The van der Waals surface area contributed by atoms with Crippen LogP contribution in [0.4, 0.5) is 0 Å². The van der Waals surface area contributed by atoms with Crippen molar-refractivity contribution in [2.45, 2.75) is 31.8 Å². The molecule has 0 amide bonds. The zero-order valence-corrected chi connectivity index (χ0v) is 7.78. The van der Waals surface area contributed by atoms with Crippen LogP contribution in [0.1, 0.15) is 25.7 Å². The van der Waals surface area contributed by atoms with E-state index in [1.165, 1.54) is 12.8 Å². The molecule has 4 heteroatoms. The van der Waals surface area contributed by atoms with E-state index in [2.05, 4.69) is 4.90 Å². The summed E-state index contributed by atoms with van der Waals surface area (Å²) in [6.45, 7) is 3.02. The fraction of sp³-hybridized carbons (Fsp3) is 0.889. The highest BCUT2D eigenvalue weighted by Gasteiger charge is 2.14. The van der Waals surface area contributed by atoms with Crippen LogP contribution in [0.3, 0.4) is 0 Å². The number of carbonyl (C=O) groups is 1. The Hall–Kier alpha value is -0.610. The number of hydrogen-bond donors (Lipinski definition) is 2. The lowest BCUT2D eigenvalue weighted by Gasteiger charge is -2.16. The topological polar surface area (TPSA) is 60.8 Å². The van der Waals surface area contributed by atoms with Gasteiger partial charge in [-0.1, -0.05) is 0 Å². The van der Waals surface area contributed by atoms with Gasteiger partial charge in [0.1, 0.15) is 0 Å². The second-order valence-corrected chi connectivity index (χ2v) is 3.59. The van der Waals surface area contributed by atoms with Crippen LogP contribution in [0.2, 0.25) is 0 Å². The molecule has 1 fully saturated rings. The number of rotatable bonds is 5. The van der Waals surface area contributed by atoms with Crippen LogP contribution < -0.4 is 0 Å². The smallest absolute Gasteiger partial charge is 0.305 e. The average Bonchev–Trinajstić information content (AvgIpc) is 2.51. The molecule has 0 radical (unpaired) electrons. The van der Waals surface area contributed by atoms with Gasteiger partial charge in [-0.15, -0.1) is 0 Å². The number of carboxylic acid groups (broad SMARTS) is 1. The molecule has 0 saturated carbocycles. The number of likely N-dealkylation sites (tertiary alicyclic amines) is 1. The Morgan fingerprint density at radius 2 is 2.00 bits per heavy atom. The van der Waals surface area contributed by atoms with Gasteiger partial charge in [0, 0.05) is 6.54 Å². The molecule has 4 nitrogen and oxygen atoms in total. The lowest BCUT2D eigenvalue weighted by molar-refractivity contribution is -0.139. The first-order valence-electron chi connectivity index (χ1n) is 4.80. The molecule has 13 heavy (non-hydrogen) atoms. The van der Waals surface area contributed by atoms with Gasteiger partial charge >= 0.3 is 5.97 Å². The highest BCUT2D eigenvalue weighted by Crippen LogP contribution is 2.09. The summed E-state index contributed by atoms with van der Waals surface area (Å²) in [5.41, 5.74) is 0. The maximum atomic E-state index is 10.2. The van der Waals surface area contributed by atoms with Crippen molar-refractivity contribution >= 4 is 5.97 Å². The standard InChI is InChI=1S/C9H17NO3/c11-8(7-9(12)13)3-6-10-4-1-2-5-10/h8,11H,1-7H2,(H,12,13)/t8-/m0/s1. The Balaban J connectivity index is 2.06. The van der Waals surface area contributed by atoms with E-state index in [1.54, 1.807) is 0 Å². The molecule has 0 spiro atoms. The first-order valence-corrected chi connectivity index (χ1v) is 4.80. The first-order chi connectivity index (χ1) is 6.18. The lowest BCUT2D eigenvalue weighted by atomic mass is 10.2. The molecule has 76 valence electrons. The second kappa shape index (κ2) is 5.19. The first kappa shape index (κ1) is 10.5. The summed E-state index contributed by atoms with van der Waals surface area (Å²) in [7, 11) is 0. The zero-order chi connectivity index (χ0) is 9.68. The molecule has 1 atom stereocenters. The minimum atomic E-state index is -0.922. The SMILES string of the molecule is O=C(O)C[C@@H](O)CCN1CCCC1. The van der Waals surface area contributed by atoms with Gasteiger partial charge in [-0.25, -0.2) is 0 Å². The molecular weight excluding hydrogens is 170 g/mol. The van der Waals surface area contributed by atoms with Crippen molar-refractivity contribution in [3.63, 3.8) is 0 Å².